The molecular formula is C8H15NO13. The minimum atomic E-state index is -1.83. The Morgan fingerprint density at radius 2 is 0.682 bits per heavy atom. The summed E-state index contributed by atoms with van der Waals surface area (Å²) in [6.07, 6.45) is -4.08. The first kappa shape index (κ1) is 31.0. The number of furan rings is 1. The van der Waals surface area contributed by atoms with E-state index in [4.69, 9.17) is 60.0 Å². The molecule has 1 aromatic rings. The van der Waals surface area contributed by atoms with Gasteiger partial charge >= 0.3 is 24.6 Å². The minimum Gasteiger partial charge on any atom is -0.473 e. The molecule has 14 nitrogen and oxygen atoms in total. The molecule has 0 spiro atoms. The number of hydrogen-bond donors (Lipinski definition) is 9. The summed E-state index contributed by atoms with van der Waals surface area (Å²) >= 11 is 0. The molecule has 0 aliphatic heterocycles. The highest BCUT2D eigenvalue weighted by molar-refractivity contribution is 5.54. The van der Waals surface area contributed by atoms with Gasteiger partial charge in [0.2, 0.25) is 0 Å². The Morgan fingerprint density at radius 3 is 0.727 bits per heavy atom. The average Bonchev–Trinajstić information content (AvgIpc) is 2.68. The fourth-order valence-electron chi connectivity index (χ4n) is 0.227. The molecule has 0 radical (unpaired) electrons. The predicted octanol–water partition coefficient (Wildman–Crippen LogP) is 2.33. The molecule has 130 valence electrons. The molecule has 1 rings (SSSR count). The zero-order valence-corrected chi connectivity index (χ0v) is 10.6. The van der Waals surface area contributed by atoms with E-state index in [1.54, 1.807) is 12.5 Å². The summed E-state index contributed by atoms with van der Waals surface area (Å²) in [6, 6.07) is 3.67. The van der Waals surface area contributed by atoms with E-state index in [2.05, 4.69) is 4.42 Å². The molecule has 11 N–H and O–H groups in total. The van der Waals surface area contributed by atoms with E-state index in [0.717, 1.165) is 0 Å². The summed E-state index contributed by atoms with van der Waals surface area (Å²) in [5.74, 6) is 0. The van der Waals surface area contributed by atoms with Crippen molar-refractivity contribution in [3.63, 3.8) is 0 Å². The lowest BCUT2D eigenvalue weighted by Gasteiger charge is -1.60. The fourth-order valence-corrected chi connectivity index (χ4v) is 0.227. The maximum absolute atomic E-state index is 8.56. The van der Waals surface area contributed by atoms with Crippen LogP contribution < -0.4 is 6.15 Å². The minimum absolute atomic E-state index is 0. The Labute approximate surface area is 121 Å². The quantitative estimate of drug-likeness (QED) is 0.329. The first-order valence-electron chi connectivity index (χ1n) is 4.08. The third-order valence-electron chi connectivity index (χ3n) is 0.425. The smallest absolute Gasteiger partial charge is 0.473 e. The fraction of sp³-hybridized carbons (Fsp3) is 0. The first-order chi connectivity index (χ1) is 9.43. The zero-order valence-electron chi connectivity index (χ0n) is 10.6. The summed E-state index contributed by atoms with van der Waals surface area (Å²) in [6.45, 7) is 0. The SMILES string of the molecule is N.O=C(O)O.O=C(O)O.O=C(O)O.O=C(O)O.c1ccoc1. The Kier molecular flexibility index (Phi) is 36.6. The van der Waals surface area contributed by atoms with Gasteiger partial charge in [-0.25, -0.2) is 19.2 Å². The van der Waals surface area contributed by atoms with Gasteiger partial charge in [0.25, 0.3) is 0 Å². The van der Waals surface area contributed by atoms with Crippen molar-refractivity contribution in [3.05, 3.63) is 24.7 Å². The predicted molar refractivity (Wildman–Crippen MR) is 66.3 cm³/mol. The van der Waals surface area contributed by atoms with Crippen LogP contribution in [0.15, 0.2) is 29.1 Å². The van der Waals surface area contributed by atoms with Gasteiger partial charge in [-0.05, 0) is 12.1 Å². The van der Waals surface area contributed by atoms with Crippen LogP contribution in [0, 0.1) is 0 Å². The molecule has 22 heavy (non-hydrogen) atoms. The molecule has 0 aliphatic rings. The van der Waals surface area contributed by atoms with Crippen LogP contribution in [0.2, 0.25) is 0 Å². The number of hydrogen-bond acceptors (Lipinski definition) is 6. The zero-order chi connectivity index (χ0) is 17.8. The molecule has 0 saturated carbocycles. The monoisotopic (exact) mass is 333 g/mol. The third kappa shape index (κ3) is 2200. The van der Waals surface area contributed by atoms with Crippen molar-refractivity contribution in [1.29, 1.82) is 0 Å². The van der Waals surface area contributed by atoms with Crippen LogP contribution in [0.5, 0.6) is 0 Å². The van der Waals surface area contributed by atoms with Crippen molar-refractivity contribution in [2.45, 2.75) is 0 Å². The van der Waals surface area contributed by atoms with Gasteiger partial charge in [0.15, 0.2) is 0 Å². The highest BCUT2D eigenvalue weighted by Gasteiger charge is 1.71. The van der Waals surface area contributed by atoms with Gasteiger partial charge in [0, 0.05) is 0 Å². The Balaban J connectivity index is -0.0000000544. The van der Waals surface area contributed by atoms with Crippen LogP contribution in [0.25, 0.3) is 0 Å². The molecule has 14 heteroatoms. The van der Waals surface area contributed by atoms with Crippen LogP contribution in [0.4, 0.5) is 19.2 Å². The van der Waals surface area contributed by atoms with Gasteiger partial charge in [0.05, 0.1) is 12.5 Å². The molecule has 1 heterocycles. The van der Waals surface area contributed by atoms with Crippen molar-refractivity contribution in [2.24, 2.45) is 0 Å². The molecule has 0 bridgehead atoms. The average molecular weight is 333 g/mol. The van der Waals surface area contributed by atoms with Crippen molar-refractivity contribution < 1.29 is 64.4 Å². The van der Waals surface area contributed by atoms with Crippen molar-refractivity contribution in [2.75, 3.05) is 0 Å². The topological polar surface area (TPSA) is 278 Å². The standard InChI is InChI=1S/C4H4O.4CH2O3.H3N/c1-2-4-5-3-1;4*2-1(3)4;/h1-4H;4*(H2,2,3,4);1H3. The van der Waals surface area contributed by atoms with E-state index >= 15 is 0 Å². The van der Waals surface area contributed by atoms with Crippen LogP contribution in [0.3, 0.4) is 0 Å². The molecule has 0 aliphatic carbocycles. The highest BCUT2D eigenvalue weighted by atomic mass is 16.6. The van der Waals surface area contributed by atoms with Gasteiger partial charge in [-0.15, -0.1) is 0 Å². The van der Waals surface area contributed by atoms with Gasteiger partial charge in [-0.2, -0.15) is 0 Å². The molecule has 0 saturated heterocycles. The number of carboxylic acid groups (broad SMARTS) is 8. The summed E-state index contributed by atoms with van der Waals surface area (Å²) in [5.41, 5.74) is 0. The van der Waals surface area contributed by atoms with E-state index < -0.39 is 24.6 Å². The van der Waals surface area contributed by atoms with E-state index in [1.165, 1.54) is 0 Å². The van der Waals surface area contributed by atoms with Crippen LogP contribution >= 0.6 is 0 Å². The Hall–Kier alpha value is -3.68. The van der Waals surface area contributed by atoms with E-state index in [1.807, 2.05) is 12.1 Å². The summed E-state index contributed by atoms with van der Waals surface area (Å²) in [5, 5.41) is 55.8. The second kappa shape index (κ2) is 26.0. The maximum atomic E-state index is 8.56. The Bertz CT molecular complexity index is 292. The van der Waals surface area contributed by atoms with Crippen molar-refractivity contribution in [3.8, 4) is 0 Å². The van der Waals surface area contributed by atoms with Gasteiger partial charge < -0.3 is 51.4 Å². The largest absolute Gasteiger partial charge is 0.503 e. The summed E-state index contributed by atoms with van der Waals surface area (Å²) in [4.78, 5) is 34.2. The lowest BCUT2D eigenvalue weighted by Crippen LogP contribution is -1.81. The molecule has 0 unspecified atom stereocenters. The van der Waals surface area contributed by atoms with Crippen molar-refractivity contribution >= 4 is 24.6 Å². The van der Waals surface area contributed by atoms with Crippen LogP contribution in [-0.2, 0) is 0 Å². The highest BCUT2D eigenvalue weighted by Crippen LogP contribution is 1.79. The van der Waals surface area contributed by atoms with Gasteiger partial charge in [-0.1, -0.05) is 0 Å². The second-order valence-electron chi connectivity index (χ2n) is 1.92. The van der Waals surface area contributed by atoms with E-state index in [9.17, 15) is 0 Å². The normalized spacial score (nSPS) is 6.18. The summed E-state index contributed by atoms with van der Waals surface area (Å²) < 4.78 is 4.58. The first-order valence-corrected chi connectivity index (χ1v) is 4.08. The molecule has 1 aromatic heterocycles. The van der Waals surface area contributed by atoms with E-state index in [0.29, 0.717) is 0 Å². The van der Waals surface area contributed by atoms with Gasteiger partial charge in [0.1, 0.15) is 0 Å². The molecule has 0 fully saturated rings. The van der Waals surface area contributed by atoms with Gasteiger partial charge in [-0.3, -0.25) is 0 Å². The molecular weight excluding hydrogens is 318 g/mol. The second-order valence-corrected chi connectivity index (χ2v) is 1.92. The molecule has 0 amide bonds. The molecule has 0 aromatic carbocycles. The lowest BCUT2D eigenvalue weighted by atomic mass is 10.7. The van der Waals surface area contributed by atoms with Crippen molar-refractivity contribution in [1.82, 2.24) is 6.15 Å². The van der Waals surface area contributed by atoms with Crippen LogP contribution in [-0.4, -0.2) is 65.5 Å². The van der Waals surface area contributed by atoms with Crippen LogP contribution in [0.1, 0.15) is 0 Å². The maximum Gasteiger partial charge on any atom is 0.503 e. The Morgan fingerprint density at radius 1 is 0.545 bits per heavy atom. The summed E-state index contributed by atoms with van der Waals surface area (Å²) in [7, 11) is 0. The number of rotatable bonds is 0. The third-order valence-corrected chi connectivity index (χ3v) is 0.425. The van der Waals surface area contributed by atoms with E-state index in [-0.39, 0.29) is 6.15 Å². The molecule has 0 atom stereocenters. The lowest BCUT2D eigenvalue weighted by molar-refractivity contribution is 0.135. The number of carbonyl (C=O) groups is 4.